The Morgan fingerprint density at radius 1 is 1.00 bits per heavy atom. The fourth-order valence-corrected chi connectivity index (χ4v) is 3.88. The summed E-state index contributed by atoms with van der Waals surface area (Å²) in [6.45, 7) is 3.22. The normalized spacial score (nSPS) is 19.3. The predicted octanol–water partition coefficient (Wildman–Crippen LogP) is 2.96. The number of hydrogen-bond acceptors (Lipinski definition) is 3. The molecular weight excluding hydrogens is 326 g/mol. The smallest absolute Gasteiger partial charge is 0.255 e. The van der Waals surface area contributed by atoms with Gasteiger partial charge in [0, 0.05) is 31.6 Å². The van der Waals surface area contributed by atoms with Gasteiger partial charge in [-0.05, 0) is 24.6 Å². The second kappa shape index (κ2) is 6.48. The quantitative estimate of drug-likeness (QED) is 0.876. The summed E-state index contributed by atoms with van der Waals surface area (Å²) in [6, 6.07) is 17.4. The fourth-order valence-electron chi connectivity index (χ4n) is 3.88. The Morgan fingerprint density at radius 2 is 1.65 bits per heavy atom. The summed E-state index contributed by atoms with van der Waals surface area (Å²) in [5.41, 5.74) is 2.12. The molecule has 1 atom stereocenters. The van der Waals surface area contributed by atoms with E-state index in [9.17, 15) is 9.59 Å². The van der Waals surface area contributed by atoms with Gasteiger partial charge in [-0.25, -0.2) is 0 Å². The summed E-state index contributed by atoms with van der Waals surface area (Å²) in [5.74, 6) is -0.0507. The molecule has 2 N–H and O–H groups in total. The number of hydrogen-bond donors (Lipinski definition) is 2. The van der Waals surface area contributed by atoms with Gasteiger partial charge in [0.05, 0.1) is 11.5 Å². The van der Waals surface area contributed by atoms with Gasteiger partial charge < -0.3 is 15.5 Å². The van der Waals surface area contributed by atoms with E-state index in [-0.39, 0.29) is 17.7 Å². The maximum Gasteiger partial charge on any atom is 0.255 e. The molecule has 5 heteroatoms. The van der Waals surface area contributed by atoms with Crippen molar-refractivity contribution < 1.29 is 9.59 Å². The fraction of sp³-hybridized carbons (Fsp3) is 0.333. The number of carbonyl (C=O) groups is 2. The Morgan fingerprint density at radius 3 is 2.38 bits per heavy atom. The SMILES string of the molecule is C[C@@H](C(=O)N1CCC2(CC1)NC(=O)c1ccccc1N2)c1ccccc1. The molecule has 1 saturated heterocycles. The van der Waals surface area contributed by atoms with Crippen LogP contribution in [-0.2, 0) is 4.79 Å². The van der Waals surface area contributed by atoms with Crippen LogP contribution in [0.2, 0.25) is 0 Å². The second-order valence-electron chi connectivity index (χ2n) is 7.16. The first-order chi connectivity index (χ1) is 12.6. The van der Waals surface area contributed by atoms with Crippen LogP contribution in [0.3, 0.4) is 0 Å². The number of carbonyl (C=O) groups excluding carboxylic acids is 2. The van der Waals surface area contributed by atoms with Crippen molar-refractivity contribution in [1.29, 1.82) is 0 Å². The Balaban J connectivity index is 1.45. The molecule has 0 bridgehead atoms. The summed E-state index contributed by atoms with van der Waals surface area (Å²) in [6.07, 6.45) is 1.39. The maximum absolute atomic E-state index is 12.9. The first-order valence-corrected chi connectivity index (χ1v) is 9.11. The topological polar surface area (TPSA) is 61.4 Å². The standard InChI is InChI=1S/C21H23N3O2/c1-15(16-7-3-2-4-8-16)20(26)24-13-11-21(12-14-24)22-18-10-6-5-9-17(18)19(25)23-21/h2-10,15,22H,11-14H2,1H3,(H,23,25)/t15-/m1/s1. The molecule has 2 heterocycles. The Labute approximate surface area is 153 Å². The maximum atomic E-state index is 12.9. The zero-order valence-electron chi connectivity index (χ0n) is 14.9. The van der Waals surface area contributed by atoms with Gasteiger partial charge in [-0.15, -0.1) is 0 Å². The van der Waals surface area contributed by atoms with Gasteiger partial charge in [0.15, 0.2) is 0 Å². The van der Waals surface area contributed by atoms with Crippen LogP contribution in [0.4, 0.5) is 5.69 Å². The van der Waals surface area contributed by atoms with Gasteiger partial charge >= 0.3 is 0 Å². The highest BCUT2D eigenvalue weighted by Gasteiger charge is 2.41. The van der Waals surface area contributed by atoms with E-state index in [0.29, 0.717) is 31.5 Å². The van der Waals surface area contributed by atoms with Gasteiger partial charge in [0.25, 0.3) is 5.91 Å². The molecule has 26 heavy (non-hydrogen) atoms. The highest BCUT2D eigenvalue weighted by Crippen LogP contribution is 2.32. The number of benzene rings is 2. The number of nitrogens with zero attached hydrogens (tertiary/aromatic N) is 1. The van der Waals surface area contributed by atoms with Gasteiger partial charge in [-0.3, -0.25) is 9.59 Å². The summed E-state index contributed by atoms with van der Waals surface area (Å²) in [7, 11) is 0. The summed E-state index contributed by atoms with van der Waals surface area (Å²) in [4.78, 5) is 27.2. The number of piperidine rings is 1. The molecule has 2 aliphatic heterocycles. The van der Waals surface area contributed by atoms with Crippen molar-refractivity contribution in [2.75, 3.05) is 18.4 Å². The summed E-state index contributed by atoms with van der Waals surface area (Å²) >= 11 is 0. The molecule has 1 fully saturated rings. The minimum atomic E-state index is -0.460. The summed E-state index contributed by atoms with van der Waals surface area (Å²) in [5, 5.41) is 6.61. The van der Waals surface area contributed by atoms with E-state index in [1.165, 1.54) is 0 Å². The van der Waals surface area contributed by atoms with Crippen molar-refractivity contribution in [1.82, 2.24) is 10.2 Å². The minimum Gasteiger partial charge on any atom is -0.362 e. The molecule has 0 saturated carbocycles. The van der Waals surface area contributed by atoms with E-state index in [1.54, 1.807) is 0 Å². The second-order valence-corrected chi connectivity index (χ2v) is 7.16. The lowest BCUT2D eigenvalue weighted by atomic mass is 9.91. The van der Waals surface area contributed by atoms with Crippen molar-refractivity contribution >= 4 is 17.5 Å². The van der Waals surface area contributed by atoms with Crippen LogP contribution in [0.15, 0.2) is 54.6 Å². The summed E-state index contributed by atoms with van der Waals surface area (Å²) < 4.78 is 0. The van der Waals surface area contributed by atoms with Crippen LogP contribution in [0.5, 0.6) is 0 Å². The molecule has 0 unspecified atom stereocenters. The zero-order valence-corrected chi connectivity index (χ0v) is 14.9. The lowest BCUT2D eigenvalue weighted by Gasteiger charge is -2.46. The molecule has 134 valence electrons. The number of amides is 2. The van der Waals surface area contributed by atoms with E-state index in [4.69, 9.17) is 0 Å². The monoisotopic (exact) mass is 349 g/mol. The number of likely N-dealkylation sites (tertiary alicyclic amines) is 1. The van der Waals surface area contributed by atoms with Crippen molar-refractivity contribution in [3.8, 4) is 0 Å². The number of fused-ring (bicyclic) bond motifs is 1. The Bertz CT molecular complexity index is 826. The highest BCUT2D eigenvalue weighted by atomic mass is 16.2. The van der Waals surface area contributed by atoms with Crippen molar-refractivity contribution in [2.45, 2.75) is 31.3 Å². The van der Waals surface area contributed by atoms with E-state index < -0.39 is 5.66 Å². The molecular formula is C21H23N3O2. The third-order valence-corrected chi connectivity index (χ3v) is 5.50. The van der Waals surface area contributed by atoms with Crippen LogP contribution in [-0.4, -0.2) is 35.5 Å². The van der Waals surface area contributed by atoms with Crippen LogP contribution in [0.25, 0.3) is 0 Å². The van der Waals surface area contributed by atoms with Gasteiger partial charge in [-0.2, -0.15) is 0 Å². The molecule has 2 aliphatic rings. The Hall–Kier alpha value is -2.82. The largest absolute Gasteiger partial charge is 0.362 e. The number of para-hydroxylation sites is 1. The Kier molecular flexibility index (Phi) is 4.15. The molecule has 2 aromatic rings. The number of nitrogens with one attached hydrogen (secondary N) is 2. The average Bonchev–Trinajstić information content (AvgIpc) is 2.68. The molecule has 0 aromatic heterocycles. The molecule has 2 aromatic carbocycles. The third kappa shape index (κ3) is 2.94. The molecule has 0 aliphatic carbocycles. The number of rotatable bonds is 2. The average molecular weight is 349 g/mol. The van der Waals surface area contributed by atoms with Crippen molar-refractivity contribution in [3.05, 3.63) is 65.7 Å². The predicted molar refractivity (Wildman–Crippen MR) is 101 cm³/mol. The van der Waals surface area contributed by atoms with Crippen molar-refractivity contribution in [2.24, 2.45) is 0 Å². The van der Waals surface area contributed by atoms with Crippen LogP contribution in [0.1, 0.15) is 41.6 Å². The van der Waals surface area contributed by atoms with Crippen LogP contribution in [0, 0.1) is 0 Å². The molecule has 4 rings (SSSR count). The third-order valence-electron chi connectivity index (χ3n) is 5.50. The molecule has 0 radical (unpaired) electrons. The lowest BCUT2D eigenvalue weighted by Crippen LogP contribution is -2.62. The van der Waals surface area contributed by atoms with Crippen LogP contribution >= 0.6 is 0 Å². The highest BCUT2D eigenvalue weighted by molar-refractivity contribution is 6.02. The van der Waals surface area contributed by atoms with Gasteiger partial charge in [-0.1, -0.05) is 42.5 Å². The molecule has 1 spiro atoms. The van der Waals surface area contributed by atoms with Gasteiger partial charge in [0.1, 0.15) is 5.66 Å². The molecule has 2 amide bonds. The number of anilines is 1. The lowest BCUT2D eigenvalue weighted by molar-refractivity contribution is -0.134. The first-order valence-electron chi connectivity index (χ1n) is 9.11. The minimum absolute atomic E-state index is 0.0446. The van der Waals surface area contributed by atoms with E-state index in [0.717, 1.165) is 11.3 Å². The van der Waals surface area contributed by atoms with Gasteiger partial charge in [0.2, 0.25) is 5.91 Å². The van der Waals surface area contributed by atoms with Crippen molar-refractivity contribution in [3.63, 3.8) is 0 Å². The van der Waals surface area contributed by atoms with E-state index >= 15 is 0 Å². The van der Waals surface area contributed by atoms with E-state index in [1.807, 2.05) is 66.4 Å². The first kappa shape index (κ1) is 16.6. The van der Waals surface area contributed by atoms with E-state index in [2.05, 4.69) is 10.6 Å². The molecule has 5 nitrogen and oxygen atoms in total. The van der Waals surface area contributed by atoms with Crippen LogP contribution < -0.4 is 10.6 Å². The zero-order chi connectivity index (χ0) is 18.1.